The highest BCUT2D eigenvalue weighted by molar-refractivity contribution is 6.32. The number of furan rings is 1. The monoisotopic (exact) mass is 410 g/mol. The Kier molecular flexibility index (Phi) is 6.55. The first-order valence-corrected chi connectivity index (χ1v) is 10.5. The van der Waals surface area contributed by atoms with Gasteiger partial charge in [0, 0.05) is 18.2 Å². The van der Waals surface area contributed by atoms with Crippen molar-refractivity contribution in [1.29, 1.82) is 0 Å². The Labute approximate surface area is 177 Å². The minimum Gasteiger partial charge on any atom is -0.495 e. The lowest BCUT2D eigenvalue weighted by Crippen LogP contribution is -2.41. The molecule has 152 valence electrons. The Hall–Kier alpha value is -2.27. The smallest absolute Gasteiger partial charge is 0.137 e. The third kappa shape index (κ3) is 5.21. The van der Waals surface area contributed by atoms with Gasteiger partial charge in [-0.3, -0.25) is 4.90 Å². The molecule has 1 aromatic heterocycles. The van der Waals surface area contributed by atoms with Crippen LogP contribution in [0.1, 0.15) is 24.2 Å². The maximum atomic E-state index is 6.23. The van der Waals surface area contributed by atoms with E-state index in [2.05, 4.69) is 40.5 Å². The van der Waals surface area contributed by atoms with Crippen molar-refractivity contribution in [3.63, 3.8) is 0 Å². The molecule has 5 heteroatoms. The molecule has 0 radical (unpaired) electrons. The second-order valence-corrected chi connectivity index (χ2v) is 7.94. The molecule has 1 aliphatic rings. The van der Waals surface area contributed by atoms with Crippen molar-refractivity contribution >= 4 is 11.6 Å². The van der Waals surface area contributed by atoms with Gasteiger partial charge >= 0.3 is 0 Å². The van der Waals surface area contributed by atoms with Crippen LogP contribution in [0.3, 0.4) is 0 Å². The van der Waals surface area contributed by atoms with Gasteiger partial charge < -0.3 is 14.5 Å². The summed E-state index contributed by atoms with van der Waals surface area (Å²) in [4.78, 5) is 2.53. The van der Waals surface area contributed by atoms with Crippen LogP contribution < -0.4 is 10.1 Å². The van der Waals surface area contributed by atoms with Gasteiger partial charge in [-0.25, -0.2) is 0 Å². The number of halogens is 1. The van der Waals surface area contributed by atoms with Gasteiger partial charge in [0.2, 0.25) is 0 Å². The van der Waals surface area contributed by atoms with E-state index in [4.69, 9.17) is 20.8 Å². The molecule has 3 aromatic rings. The predicted molar refractivity (Wildman–Crippen MR) is 117 cm³/mol. The molecule has 2 heterocycles. The van der Waals surface area contributed by atoms with E-state index < -0.39 is 0 Å². The van der Waals surface area contributed by atoms with Crippen LogP contribution in [-0.2, 0) is 13.1 Å². The number of benzene rings is 2. The van der Waals surface area contributed by atoms with E-state index in [0.29, 0.717) is 16.8 Å². The maximum absolute atomic E-state index is 6.23. The Morgan fingerprint density at radius 2 is 1.86 bits per heavy atom. The summed E-state index contributed by atoms with van der Waals surface area (Å²) in [5.41, 5.74) is 2.34. The van der Waals surface area contributed by atoms with Gasteiger partial charge in [-0.15, -0.1) is 0 Å². The van der Waals surface area contributed by atoms with Crippen molar-refractivity contribution in [3.8, 4) is 17.1 Å². The summed E-state index contributed by atoms with van der Waals surface area (Å²) in [5.74, 6) is 2.44. The topological polar surface area (TPSA) is 37.6 Å². The van der Waals surface area contributed by atoms with E-state index in [1.54, 1.807) is 7.11 Å². The van der Waals surface area contributed by atoms with Gasteiger partial charge in [-0.2, -0.15) is 0 Å². The second-order valence-electron chi connectivity index (χ2n) is 7.53. The van der Waals surface area contributed by atoms with Crippen molar-refractivity contribution in [1.82, 2.24) is 10.2 Å². The van der Waals surface area contributed by atoms with Gasteiger partial charge in [0.15, 0.2) is 0 Å². The molecule has 0 bridgehead atoms. The van der Waals surface area contributed by atoms with Crippen LogP contribution in [0.15, 0.2) is 65.1 Å². The largest absolute Gasteiger partial charge is 0.495 e. The van der Waals surface area contributed by atoms with Crippen LogP contribution >= 0.6 is 11.6 Å². The SMILES string of the molecule is COc1ccc(-c2ccc(CNC3CCN(Cc4ccccc4)CC3)o2)cc1Cl. The summed E-state index contributed by atoms with van der Waals surface area (Å²) < 4.78 is 11.2. The zero-order chi connectivity index (χ0) is 20.1. The van der Waals surface area contributed by atoms with Gasteiger partial charge in [0.05, 0.1) is 18.7 Å². The molecule has 0 amide bonds. The van der Waals surface area contributed by atoms with Crippen LogP contribution in [0.25, 0.3) is 11.3 Å². The molecule has 4 nitrogen and oxygen atoms in total. The van der Waals surface area contributed by atoms with Crippen LogP contribution in [0.2, 0.25) is 5.02 Å². The zero-order valence-electron chi connectivity index (χ0n) is 16.7. The highest BCUT2D eigenvalue weighted by Gasteiger charge is 2.19. The molecular weight excluding hydrogens is 384 g/mol. The molecule has 0 spiro atoms. The maximum Gasteiger partial charge on any atom is 0.137 e. The molecule has 0 saturated carbocycles. The minimum absolute atomic E-state index is 0.533. The highest BCUT2D eigenvalue weighted by Crippen LogP contribution is 2.31. The molecule has 29 heavy (non-hydrogen) atoms. The first-order valence-electron chi connectivity index (χ1n) is 10.1. The molecule has 1 N–H and O–H groups in total. The quantitative estimate of drug-likeness (QED) is 0.568. The van der Waals surface area contributed by atoms with E-state index in [0.717, 1.165) is 56.1 Å². The summed E-state index contributed by atoms with van der Waals surface area (Å²) in [6.07, 6.45) is 2.32. The van der Waals surface area contributed by atoms with Crippen LogP contribution in [0, 0.1) is 0 Å². The summed E-state index contributed by atoms with van der Waals surface area (Å²) in [6, 6.07) is 21.0. The molecular formula is C24H27ClN2O2. The number of hydrogen-bond donors (Lipinski definition) is 1. The number of ether oxygens (including phenoxy) is 1. The lowest BCUT2D eigenvalue weighted by molar-refractivity contribution is 0.189. The van der Waals surface area contributed by atoms with E-state index in [9.17, 15) is 0 Å². The van der Waals surface area contributed by atoms with Gasteiger partial charge in [-0.05, 0) is 61.8 Å². The lowest BCUT2D eigenvalue weighted by Gasteiger charge is -2.32. The predicted octanol–water partition coefficient (Wildman–Crippen LogP) is 5.36. The molecule has 0 unspecified atom stereocenters. The average Bonchev–Trinajstić information content (AvgIpc) is 3.23. The highest BCUT2D eigenvalue weighted by atomic mass is 35.5. The molecule has 2 aromatic carbocycles. The molecule has 1 saturated heterocycles. The first kappa shape index (κ1) is 20.0. The fourth-order valence-electron chi connectivity index (χ4n) is 3.83. The van der Waals surface area contributed by atoms with Crippen LogP contribution in [0.5, 0.6) is 5.75 Å². The fourth-order valence-corrected chi connectivity index (χ4v) is 4.09. The molecule has 0 atom stereocenters. The Bertz CT molecular complexity index is 918. The van der Waals surface area contributed by atoms with Crippen LogP contribution in [-0.4, -0.2) is 31.1 Å². The minimum atomic E-state index is 0.533. The van der Waals surface area contributed by atoms with E-state index >= 15 is 0 Å². The Morgan fingerprint density at radius 3 is 2.59 bits per heavy atom. The van der Waals surface area contributed by atoms with Gasteiger partial charge in [0.1, 0.15) is 17.3 Å². The van der Waals surface area contributed by atoms with Gasteiger partial charge in [0.25, 0.3) is 0 Å². The van der Waals surface area contributed by atoms with Gasteiger partial charge in [-0.1, -0.05) is 41.9 Å². The van der Waals surface area contributed by atoms with Crippen molar-refractivity contribution < 1.29 is 9.15 Å². The standard InChI is InChI=1S/C24H27ClN2O2/c1-28-24-9-7-19(15-22(24)25)23-10-8-21(29-23)16-26-20-11-13-27(14-12-20)17-18-5-3-2-4-6-18/h2-10,15,20,26H,11-14,16-17H2,1H3. The Balaban J connectivity index is 1.26. The number of nitrogens with zero attached hydrogens (tertiary/aromatic N) is 1. The third-order valence-electron chi connectivity index (χ3n) is 5.50. The number of rotatable bonds is 7. The second kappa shape index (κ2) is 9.49. The number of hydrogen-bond acceptors (Lipinski definition) is 4. The lowest BCUT2D eigenvalue weighted by atomic mass is 10.0. The number of nitrogens with one attached hydrogen (secondary N) is 1. The van der Waals surface area contributed by atoms with E-state index in [-0.39, 0.29) is 0 Å². The zero-order valence-corrected chi connectivity index (χ0v) is 17.5. The molecule has 0 aliphatic carbocycles. The fraction of sp³-hybridized carbons (Fsp3) is 0.333. The third-order valence-corrected chi connectivity index (χ3v) is 5.79. The van der Waals surface area contributed by atoms with Crippen molar-refractivity contribution in [2.24, 2.45) is 0 Å². The number of methoxy groups -OCH3 is 1. The molecule has 1 aliphatic heterocycles. The first-order chi connectivity index (χ1) is 14.2. The summed E-state index contributed by atoms with van der Waals surface area (Å²) >= 11 is 6.23. The van der Waals surface area contributed by atoms with Crippen LogP contribution in [0.4, 0.5) is 0 Å². The summed E-state index contributed by atoms with van der Waals surface area (Å²) in [6.45, 7) is 4.04. The number of likely N-dealkylation sites (tertiary alicyclic amines) is 1. The average molecular weight is 411 g/mol. The van der Waals surface area contributed by atoms with Crippen molar-refractivity contribution in [2.75, 3.05) is 20.2 Å². The molecule has 4 rings (SSSR count). The molecule has 1 fully saturated rings. The van der Waals surface area contributed by atoms with Crippen molar-refractivity contribution in [3.05, 3.63) is 77.0 Å². The van der Waals surface area contributed by atoms with E-state index in [1.807, 2.05) is 30.3 Å². The number of piperidine rings is 1. The Morgan fingerprint density at radius 1 is 1.07 bits per heavy atom. The van der Waals surface area contributed by atoms with Crippen molar-refractivity contribution in [2.45, 2.75) is 32.0 Å². The summed E-state index contributed by atoms with van der Waals surface area (Å²) in [5, 5.41) is 4.24. The normalized spacial score (nSPS) is 15.5. The summed E-state index contributed by atoms with van der Waals surface area (Å²) in [7, 11) is 1.61. The van der Waals surface area contributed by atoms with E-state index in [1.165, 1.54) is 5.56 Å².